The molecule has 0 saturated heterocycles. The molecule has 100 valence electrons. The third-order valence-electron chi connectivity index (χ3n) is 3.47. The van der Waals surface area contributed by atoms with Crippen molar-refractivity contribution in [3.8, 4) is 0 Å². The molecule has 1 unspecified atom stereocenters. The van der Waals surface area contributed by atoms with Crippen LogP contribution in [0.15, 0.2) is 54.6 Å². The molecule has 0 aliphatic carbocycles. The fourth-order valence-electron chi connectivity index (χ4n) is 2.48. The van der Waals surface area contributed by atoms with Crippen LogP contribution in [0.2, 0.25) is 0 Å². The normalized spacial score (nSPS) is 13.3. The van der Waals surface area contributed by atoms with Crippen molar-refractivity contribution in [1.82, 2.24) is 0 Å². The molecule has 0 fully saturated rings. The molecule has 0 aromatic heterocycles. The maximum absolute atomic E-state index is 6.42. The molecule has 0 heterocycles. The van der Waals surface area contributed by atoms with Crippen LogP contribution in [-0.4, -0.2) is 0 Å². The van der Waals surface area contributed by atoms with Crippen LogP contribution in [0.4, 0.5) is 0 Å². The van der Waals surface area contributed by atoms with Gasteiger partial charge in [0, 0.05) is 6.04 Å². The summed E-state index contributed by atoms with van der Waals surface area (Å²) in [5, 5.41) is 0. The van der Waals surface area contributed by atoms with Gasteiger partial charge in [-0.25, -0.2) is 0 Å². The van der Waals surface area contributed by atoms with Crippen molar-refractivity contribution >= 4 is 0 Å². The third-order valence-corrected chi connectivity index (χ3v) is 3.47. The van der Waals surface area contributed by atoms with Crippen LogP contribution in [0, 0.1) is 0 Å². The molecule has 2 N–H and O–H groups in total. The molecule has 0 aliphatic rings. The van der Waals surface area contributed by atoms with Gasteiger partial charge in [0.05, 0.1) is 0 Å². The lowest BCUT2D eigenvalue weighted by Gasteiger charge is -2.26. The quantitative estimate of drug-likeness (QED) is 0.870. The first kappa shape index (κ1) is 13.8. The fourth-order valence-corrected chi connectivity index (χ4v) is 2.48. The maximum atomic E-state index is 6.42. The van der Waals surface area contributed by atoms with E-state index in [9.17, 15) is 0 Å². The van der Waals surface area contributed by atoms with Gasteiger partial charge in [-0.05, 0) is 28.5 Å². The zero-order valence-electron chi connectivity index (χ0n) is 12.1. The van der Waals surface area contributed by atoms with Crippen molar-refractivity contribution in [2.75, 3.05) is 0 Å². The number of hydrogen-bond donors (Lipinski definition) is 1. The van der Waals surface area contributed by atoms with Crippen molar-refractivity contribution < 1.29 is 0 Å². The van der Waals surface area contributed by atoms with Crippen LogP contribution in [-0.2, 0) is 11.8 Å². The standard InChI is InChI=1S/C18H23N/c1-18(2,3)16-12-8-7-11-15(16)17(19)13-14-9-5-4-6-10-14/h4-12,17H,13,19H2,1-3H3. The Labute approximate surface area is 116 Å². The highest BCUT2D eigenvalue weighted by molar-refractivity contribution is 5.36. The minimum atomic E-state index is 0.0535. The molecule has 0 radical (unpaired) electrons. The molecule has 0 saturated carbocycles. The monoisotopic (exact) mass is 253 g/mol. The Morgan fingerprint density at radius 2 is 1.47 bits per heavy atom. The van der Waals surface area contributed by atoms with Gasteiger partial charge in [-0.15, -0.1) is 0 Å². The molecule has 0 bridgehead atoms. The lowest BCUT2D eigenvalue weighted by atomic mass is 9.81. The zero-order chi connectivity index (χ0) is 13.9. The molecule has 0 aliphatic heterocycles. The number of benzene rings is 2. The van der Waals surface area contributed by atoms with E-state index in [0.717, 1.165) is 6.42 Å². The molecule has 19 heavy (non-hydrogen) atoms. The highest BCUT2D eigenvalue weighted by Crippen LogP contribution is 2.29. The van der Waals surface area contributed by atoms with E-state index in [-0.39, 0.29) is 11.5 Å². The molecule has 0 spiro atoms. The largest absolute Gasteiger partial charge is 0.324 e. The van der Waals surface area contributed by atoms with Crippen molar-refractivity contribution in [2.45, 2.75) is 38.6 Å². The van der Waals surface area contributed by atoms with Gasteiger partial charge >= 0.3 is 0 Å². The molecule has 2 rings (SSSR count). The van der Waals surface area contributed by atoms with E-state index in [1.54, 1.807) is 0 Å². The summed E-state index contributed by atoms with van der Waals surface area (Å²) in [5.41, 5.74) is 10.5. The van der Waals surface area contributed by atoms with Gasteiger partial charge in [0.15, 0.2) is 0 Å². The summed E-state index contributed by atoms with van der Waals surface area (Å²) in [7, 11) is 0. The van der Waals surface area contributed by atoms with Crippen molar-refractivity contribution in [3.63, 3.8) is 0 Å². The van der Waals surface area contributed by atoms with E-state index in [4.69, 9.17) is 5.73 Å². The lowest BCUT2D eigenvalue weighted by Crippen LogP contribution is -2.21. The topological polar surface area (TPSA) is 26.0 Å². The van der Waals surface area contributed by atoms with E-state index in [1.165, 1.54) is 16.7 Å². The minimum absolute atomic E-state index is 0.0535. The molecular formula is C18H23N. The second-order valence-corrected chi connectivity index (χ2v) is 6.13. The molecule has 1 nitrogen and oxygen atoms in total. The van der Waals surface area contributed by atoms with Crippen LogP contribution in [0.3, 0.4) is 0 Å². The summed E-state index contributed by atoms with van der Waals surface area (Å²) in [5.74, 6) is 0. The first-order chi connectivity index (χ1) is 8.98. The van der Waals surface area contributed by atoms with Gasteiger partial charge in [-0.2, -0.15) is 0 Å². The Morgan fingerprint density at radius 3 is 2.11 bits per heavy atom. The van der Waals surface area contributed by atoms with Crippen LogP contribution in [0.5, 0.6) is 0 Å². The highest BCUT2D eigenvalue weighted by Gasteiger charge is 2.20. The molecular weight excluding hydrogens is 230 g/mol. The average Bonchev–Trinajstić information content (AvgIpc) is 2.39. The SMILES string of the molecule is CC(C)(C)c1ccccc1C(N)Cc1ccccc1. The van der Waals surface area contributed by atoms with Crippen LogP contribution in [0.25, 0.3) is 0 Å². The van der Waals surface area contributed by atoms with Gasteiger partial charge in [0.1, 0.15) is 0 Å². The van der Waals surface area contributed by atoms with E-state index in [2.05, 4.69) is 69.3 Å². The smallest absolute Gasteiger partial charge is 0.0338 e. The van der Waals surface area contributed by atoms with Crippen LogP contribution < -0.4 is 5.73 Å². The Morgan fingerprint density at radius 1 is 0.895 bits per heavy atom. The fraction of sp³-hybridized carbons (Fsp3) is 0.333. The molecule has 2 aromatic rings. The van der Waals surface area contributed by atoms with E-state index < -0.39 is 0 Å². The second kappa shape index (κ2) is 5.58. The highest BCUT2D eigenvalue weighted by atomic mass is 14.6. The summed E-state index contributed by atoms with van der Waals surface area (Å²) in [6, 6.07) is 19.0. The van der Waals surface area contributed by atoms with Crippen LogP contribution in [0.1, 0.15) is 43.5 Å². The summed E-state index contributed by atoms with van der Waals surface area (Å²) >= 11 is 0. The number of hydrogen-bond acceptors (Lipinski definition) is 1. The Kier molecular flexibility index (Phi) is 4.06. The molecule has 0 amide bonds. The summed E-state index contributed by atoms with van der Waals surface area (Å²) < 4.78 is 0. The van der Waals surface area contributed by atoms with E-state index in [0.29, 0.717) is 0 Å². The lowest BCUT2D eigenvalue weighted by molar-refractivity contribution is 0.568. The van der Waals surface area contributed by atoms with E-state index >= 15 is 0 Å². The zero-order valence-corrected chi connectivity index (χ0v) is 12.1. The van der Waals surface area contributed by atoms with Gasteiger partial charge < -0.3 is 5.73 Å². The van der Waals surface area contributed by atoms with Crippen LogP contribution >= 0.6 is 0 Å². The van der Waals surface area contributed by atoms with Gasteiger partial charge in [-0.1, -0.05) is 75.4 Å². The summed E-state index contributed by atoms with van der Waals surface area (Å²) in [6.07, 6.45) is 0.883. The van der Waals surface area contributed by atoms with Crippen molar-refractivity contribution in [1.29, 1.82) is 0 Å². The van der Waals surface area contributed by atoms with Crippen molar-refractivity contribution in [3.05, 3.63) is 71.3 Å². The Hall–Kier alpha value is -1.60. The maximum Gasteiger partial charge on any atom is 0.0338 e. The van der Waals surface area contributed by atoms with Gasteiger partial charge in [0.2, 0.25) is 0 Å². The first-order valence-electron chi connectivity index (χ1n) is 6.87. The summed E-state index contributed by atoms with van der Waals surface area (Å²) in [4.78, 5) is 0. The third kappa shape index (κ3) is 3.45. The molecule has 1 heteroatoms. The second-order valence-electron chi connectivity index (χ2n) is 6.13. The Bertz CT molecular complexity index is 523. The first-order valence-corrected chi connectivity index (χ1v) is 6.87. The van der Waals surface area contributed by atoms with Gasteiger partial charge in [-0.3, -0.25) is 0 Å². The number of nitrogens with two attached hydrogens (primary N) is 1. The van der Waals surface area contributed by atoms with E-state index in [1.807, 2.05) is 6.07 Å². The number of rotatable bonds is 3. The van der Waals surface area contributed by atoms with Gasteiger partial charge in [0.25, 0.3) is 0 Å². The predicted molar refractivity (Wildman–Crippen MR) is 82.2 cm³/mol. The summed E-state index contributed by atoms with van der Waals surface area (Å²) in [6.45, 7) is 6.71. The Balaban J connectivity index is 2.27. The molecule has 2 aromatic carbocycles. The van der Waals surface area contributed by atoms with Crippen molar-refractivity contribution in [2.24, 2.45) is 5.73 Å². The predicted octanol–water partition coefficient (Wildman–Crippen LogP) is 4.23. The molecule has 1 atom stereocenters. The minimum Gasteiger partial charge on any atom is -0.324 e. The average molecular weight is 253 g/mol.